The maximum absolute atomic E-state index is 11.7. The van der Waals surface area contributed by atoms with Crippen molar-refractivity contribution in [2.24, 2.45) is 4.99 Å². The lowest BCUT2D eigenvalue weighted by Crippen LogP contribution is -2.32. The summed E-state index contributed by atoms with van der Waals surface area (Å²) in [6.45, 7) is 2.53. The van der Waals surface area contributed by atoms with Crippen molar-refractivity contribution in [3.05, 3.63) is 12.3 Å². The molecule has 10 heteroatoms. The quantitative estimate of drug-likeness (QED) is 0.238. The maximum atomic E-state index is 11.7. The van der Waals surface area contributed by atoms with Crippen LogP contribution in [0.25, 0.3) is 0 Å². The Labute approximate surface area is 118 Å². The molecule has 2 heterocycles. The molecule has 0 fully saturated rings. The lowest BCUT2D eigenvalue weighted by atomic mass is 10.5. The van der Waals surface area contributed by atoms with Crippen molar-refractivity contribution in [3.8, 4) is 0 Å². The van der Waals surface area contributed by atoms with Crippen LogP contribution in [0, 0.1) is 0 Å². The van der Waals surface area contributed by atoms with E-state index < -0.39 is 0 Å². The minimum absolute atomic E-state index is 0.0513. The number of nitrogens with zero attached hydrogens (tertiary/aromatic N) is 5. The topological polar surface area (TPSA) is 143 Å². The Kier molecular flexibility index (Phi) is 4.35. The van der Waals surface area contributed by atoms with Gasteiger partial charge in [0.1, 0.15) is 11.6 Å². The molecule has 20 heavy (non-hydrogen) atoms. The van der Waals surface area contributed by atoms with Gasteiger partial charge < -0.3 is 16.6 Å². The first-order chi connectivity index (χ1) is 9.56. The third kappa shape index (κ3) is 3.82. The second-order valence-corrected chi connectivity index (χ2v) is 4.63. The second-order valence-electron chi connectivity index (χ2n) is 3.69. The van der Waals surface area contributed by atoms with Crippen molar-refractivity contribution in [2.45, 2.75) is 18.6 Å². The van der Waals surface area contributed by atoms with Gasteiger partial charge in [-0.15, -0.1) is 0 Å². The van der Waals surface area contributed by atoms with Gasteiger partial charge in [-0.25, -0.2) is 15.0 Å². The Balaban J connectivity index is 1.99. The van der Waals surface area contributed by atoms with Crippen LogP contribution in [0.15, 0.2) is 26.9 Å². The molecule has 0 aliphatic carbocycles. The zero-order valence-electron chi connectivity index (χ0n) is 10.7. The highest BCUT2D eigenvalue weighted by atomic mass is 32.2. The molecule has 0 unspecified atom stereocenters. The summed E-state index contributed by atoms with van der Waals surface area (Å²) in [7, 11) is 0. The van der Waals surface area contributed by atoms with Crippen LogP contribution in [0.5, 0.6) is 0 Å². The van der Waals surface area contributed by atoms with E-state index in [0.717, 1.165) is 11.8 Å². The molecular weight excluding hydrogens is 282 g/mol. The highest BCUT2D eigenvalue weighted by Crippen LogP contribution is 2.16. The van der Waals surface area contributed by atoms with Gasteiger partial charge >= 0.3 is 5.88 Å². The van der Waals surface area contributed by atoms with E-state index in [1.54, 1.807) is 0 Å². The van der Waals surface area contributed by atoms with Crippen molar-refractivity contribution in [2.75, 3.05) is 17.2 Å². The summed E-state index contributed by atoms with van der Waals surface area (Å²) in [4.78, 5) is 11.7. The van der Waals surface area contributed by atoms with E-state index in [1.165, 1.54) is 16.9 Å². The number of rotatable bonds is 5. The number of anilines is 2. The van der Waals surface area contributed by atoms with Crippen LogP contribution in [0.1, 0.15) is 6.92 Å². The molecular formula is C10H13N7O2S. The van der Waals surface area contributed by atoms with Crippen LogP contribution in [-0.2, 0) is 6.54 Å². The fourth-order valence-corrected chi connectivity index (χ4v) is 1.93. The van der Waals surface area contributed by atoms with Crippen molar-refractivity contribution in [1.82, 2.24) is 15.2 Å². The van der Waals surface area contributed by atoms with E-state index in [0.29, 0.717) is 11.7 Å². The van der Waals surface area contributed by atoms with Crippen LogP contribution in [0.3, 0.4) is 0 Å². The summed E-state index contributed by atoms with van der Waals surface area (Å²) in [5, 5.41) is 15.6. The Morgan fingerprint density at radius 3 is 2.75 bits per heavy atom. The first-order valence-electron chi connectivity index (χ1n) is 5.70. The highest BCUT2D eigenvalue weighted by molar-refractivity contribution is 7.99. The fourth-order valence-electron chi connectivity index (χ4n) is 1.28. The third-order valence-electron chi connectivity index (χ3n) is 2.13. The standard InChI is InChI=1S/C10H13N7O2S/c1-2-17-4-9(19-16-17)15-8(18)5-20-10-13-6(11)3-7(12)14-10/h3-4H,2,5H2,1H3,(H4-,11,12,13,14,15,16,18). The molecule has 4 N–H and O–H groups in total. The van der Waals surface area contributed by atoms with Crippen LogP contribution in [0.4, 0.5) is 17.5 Å². The fraction of sp³-hybridized carbons (Fsp3) is 0.300. The number of nitrogens with two attached hydrogens (primary N) is 2. The molecule has 0 saturated carbocycles. The molecule has 0 spiro atoms. The molecule has 0 aliphatic heterocycles. The Bertz CT molecular complexity index is 608. The number of aliphatic imine (C=N–C) groups is 1. The van der Waals surface area contributed by atoms with E-state index in [-0.39, 0.29) is 29.2 Å². The van der Waals surface area contributed by atoms with Gasteiger partial charge in [0.15, 0.2) is 11.7 Å². The molecule has 0 amide bonds. The average Bonchev–Trinajstić information content (AvgIpc) is 2.83. The third-order valence-corrected chi connectivity index (χ3v) is 2.96. The van der Waals surface area contributed by atoms with Gasteiger partial charge in [0.05, 0.1) is 0 Å². The normalized spacial score (nSPS) is 11.8. The van der Waals surface area contributed by atoms with Gasteiger partial charge in [-0.1, -0.05) is 16.4 Å². The lowest BCUT2D eigenvalue weighted by molar-refractivity contribution is -0.759. The molecule has 0 bridgehead atoms. The molecule has 2 rings (SSSR count). The summed E-state index contributed by atoms with van der Waals surface area (Å²) in [5.74, 6) is 0.326. The number of hydrogen-bond donors (Lipinski definition) is 2. The molecule has 0 atom stereocenters. The molecule has 9 nitrogen and oxygen atoms in total. The van der Waals surface area contributed by atoms with E-state index >= 15 is 0 Å². The summed E-state index contributed by atoms with van der Waals surface area (Å²) >= 11 is 1.09. The highest BCUT2D eigenvalue weighted by Gasteiger charge is 2.07. The zero-order chi connectivity index (χ0) is 14.5. The predicted octanol–water partition coefficient (Wildman–Crippen LogP) is -0.881. The van der Waals surface area contributed by atoms with Crippen molar-refractivity contribution < 1.29 is 14.3 Å². The molecule has 2 aromatic heterocycles. The lowest BCUT2D eigenvalue weighted by Gasteiger charge is -2.07. The summed E-state index contributed by atoms with van der Waals surface area (Å²) in [6, 6.07) is 1.44. The Hall–Kier alpha value is -2.36. The molecule has 0 saturated heterocycles. The van der Waals surface area contributed by atoms with E-state index in [1.807, 2.05) is 6.92 Å². The van der Waals surface area contributed by atoms with Crippen LogP contribution < -0.4 is 21.3 Å². The summed E-state index contributed by atoms with van der Waals surface area (Å²) < 4.78 is 6.39. The van der Waals surface area contributed by atoms with Gasteiger partial charge in [0.25, 0.3) is 6.20 Å². The van der Waals surface area contributed by atoms with Crippen LogP contribution >= 0.6 is 11.8 Å². The van der Waals surface area contributed by atoms with Gasteiger partial charge in [0, 0.05) is 11.8 Å². The minimum atomic E-state index is -0.390. The monoisotopic (exact) mass is 295 g/mol. The van der Waals surface area contributed by atoms with Gasteiger partial charge in [-0.05, 0) is 12.8 Å². The minimum Gasteiger partial charge on any atom is -0.861 e. The number of nitrogen functional groups attached to an aromatic ring is 2. The van der Waals surface area contributed by atoms with Crippen molar-refractivity contribution in [3.63, 3.8) is 0 Å². The van der Waals surface area contributed by atoms with Crippen LogP contribution in [0.2, 0.25) is 0 Å². The van der Waals surface area contributed by atoms with Crippen molar-refractivity contribution in [1.29, 1.82) is 0 Å². The van der Waals surface area contributed by atoms with Gasteiger partial charge in [-0.2, -0.15) is 0 Å². The number of thioether (sulfide) groups is 1. The largest absolute Gasteiger partial charge is 0.861 e. The zero-order valence-corrected chi connectivity index (χ0v) is 11.5. The maximum Gasteiger partial charge on any atom is 0.320 e. The number of hydrogen-bond acceptors (Lipinski definition) is 9. The summed E-state index contributed by atoms with van der Waals surface area (Å²) in [6.07, 6.45) is 1.54. The van der Waals surface area contributed by atoms with E-state index in [4.69, 9.17) is 16.0 Å². The van der Waals surface area contributed by atoms with Gasteiger partial charge in [-0.3, -0.25) is 4.52 Å². The molecule has 106 valence electrons. The van der Waals surface area contributed by atoms with E-state index in [2.05, 4.69) is 20.2 Å². The summed E-state index contributed by atoms with van der Waals surface area (Å²) in [5.41, 5.74) is 11.1. The molecule has 0 radical (unpaired) electrons. The van der Waals surface area contributed by atoms with Crippen molar-refractivity contribution >= 4 is 35.2 Å². The number of aromatic nitrogens is 4. The van der Waals surface area contributed by atoms with Crippen LogP contribution in [-0.4, -0.2) is 26.9 Å². The van der Waals surface area contributed by atoms with Gasteiger partial charge in [0.2, 0.25) is 5.27 Å². The molecule has 2 aromatic rings. The molecule has 0 aliphatic rings. The van der Waals surface area contributed by atoms with E-state index in [9.17, 15) is 5.11 Å². The first-order valence-corrected chi connectivity index (χ1v) is 6.69. The SMILES string of the molecule is CC[n+]1cc(/N=C(/[O-])CSc2nc(N)cc(N)n2)on1. The molecule has 0 aromatic carbocycles. The predicted molar refractivity (Wildman–Crippen MR) is 71.0 cm³/mol. The second kappa shape index (κ2) is 6.19. The number of aryl methyl sites for hydroxylation is 1. The first kappa shape index (κ1) is 14.1. The average molecular weight is 295 g/mol. The Morgan fingerprint density at radius 2 is 2.15 bits per heavy atom. The smallest absolute Gasteiger partial charge is 0.320 e. The Morgan fingerprint density at radius 1 is 1.45 bits per heavy atom.